The molecule has 1 aliphatic carbocycles. The Kier molecular flexibility index (Phi) is 4.40. The van der Waals surface area contributed by atoms with Crippen LogP contribution in [0.25, 0.3) is 0 Å². The van der Waals surface area contributed by atoms with Gasteiger partial charge in [-0.15, -0.1) is 0 Å². The summed E-state index contributed by atoms with van der Waals surface area (Å²) in [6.45, 7) is 7.61. The molecule has 0 bridgehead atoms. The topological polar surface area (TPSA) is 49.4 Å². The molecule has 2 fully saturated rings. The van der Waals surface area contributed by atoms with Gasteiger partial charge in [0.15, 0.2) is 0 Å². The number of hydrogen-bond donors (Lipinski definition) is 1. The summed E-state index contributed by atoms with van der Waals surface area (Å²) in [5.74, 6) is 0.153. The number of amides is 2. The van der Waals surface area contributed by atoms with Crippen LogP contribution < -0.4 is 5.32 Å². The largest absolute Gasteiger partial charge is 0.342 e. The Morgan fingerprint density at radius 1 is 1.15 bits per heavy atom. The molecule has 2 rings (SSSR count). The Morgan fingerprint density at radius 3 is 2.30 bits per heavy atom. The summed E-state index contributed by atoms with van der Waals surface area (Å²) in [5.41, 5.74) is -0.319. The van der Waals surface area contributed by atoms with Crippen molar-refractivity contribution in [3.8, 4) is 0 Å². The second-order valence-corrected chi connectivity index (χ2v) is 6.56. The lowest BCUT2D eigenvalue weighted by Crippen LogP contribution is -2.57. The molecular formula is C16H28N2O2. The molecule has 4 nitrogen and oxygen atoms in total. The fourth-order valence-electron chi connectivity index (χ4n) is 3.50. The Morgan fingerprint density at radius 2 is 1.80 bits per heavy atom. The van der Waals surface area contributed by atoms with Gasteiger partial charge in [0.05, 0.1) is 0 Å². The van der Waals surface area contributed by atoms with Gasteiger partial charge in [-0.2, -0.15) is 0 Å². The maximum atomic E-state index is 12.9. The highest BCUT2D eigenvalue weighted by Crippen LogP contribution is 2.50. The van der Waals surface area contributed by atoms with Crippen molar-refractivity contribution in [3.63, 3.8) is 0 Å². The number of carbonyl (C=O) groups is 2. The number of rotatable bonds is 6. The Hall–Kier alpha value is -1.06. The first-order valence-corrected chi connectivity index (χ1v) is 8.11. The van der Waals surface area contributed by atoms with Crippen molar-refractivity contribution in [2.24, 2.45) is 5.41 Å². The number of hydrogen-bond acceptors (Lipinski definition) is 2. The molecule has 0 radical (unpaired) electrons. The summed E-state index contributed by atoms with van der Waals surface area (Å²) < 4.78 is 0. The molecule has 1 saturated heterocycles. The molecule has 0 atom stereocenters. The Labute approximate surface area is 122 Å². The van der Waals surface area contributed by atoms with Crippen LogP contribution >= 0.6 is 0 Å². The maximum Gasteiger partial charge on any atom is 0.248 e. The Balaban J connectivity index is 2.15. The fraction of sp³-hybridized carbons (Fsp3) is 0.875. The van der Waals surface area contributed by atoms with Crippen LogP contribution in [-0.4, -0.2) is 35.3 Å². The number of nitrogens with one attached hydrogen (secondary N) is 1. The van der Waals surface area contributed by atoms with Crippen molar-refractivity contribution in [2.75, 3.05) is 13.1 Å². The molecular weight excluding hydrogens is 252 g/mol. The zero-order valence-electron chi connectivity index (χ0n) is 13.1. The SMILES string of the molecule is CCCC1(CN2CCC(=O)NC(CC)(CC)C2=O)CC1. The van der Waals surface area contributed by atoms with Gasteiger partial charge in [0.2, 0.25) is 11.8 Å². The molecule has 1 saturated carbocycles. The van der Waals surface area contributed by atoms with Crippen molar-refractivity contribution in [1.29, 1.82) is 0 Å². The van der Waals surface area contributed by atoms with E-state index >= 15 is 0 Å². The minimum Gasteiger partial charge on any atom is -0.342 e. The van der Waals surface area contributed by atoms with E-state index in [0.29, 0.717) is 31.2 Å². The molecule has 0 aromatic carbocycles. The van der Waals surface area contributed by atoms with Gasteiger partial charge in [0, 0.05) is 19.5 Å². The average Bonchev–Trinajstić information content (AvgIpc) is 3.21. The first kappa shape index (κ1) is 15.3. The quantitative estimate of drug-likeness (QED) is 0.812. The van der Waals surface area contributed by atoms with E-state index in [1.54, 1.807) is 0 Å². The summed E-state index contributed by atoms with van der Waals surface area (Å²) >= 11 is 0. The van der Waals surface area contributed by atoms with Gasteiger partial charge >= 0.3 is 0 Å². The van der Waals surface area contributed by atoms with E-state index < -0.39 is 5.54 Å². The molecule has 2 aliphatic rings. The van der Waals surface area contributed by atoms with Crippen molar-refractivity contribution in [2.45, 2.75) is 71.3 Å². The third-order valence-corrected chi connectivity index (χ3v) is 5.15. The van der Waals surface area contributed by atoms with E-state index in [9.17, 15) is 9.59 Å². The van der Waals surface area contributed by atoms with Gasteiger partial charge in [0.1, 0.15) is 5.54 Å². The van der Waals surface area contributed by atoms with Crippen LogP contribution in [0.1, 0.15) is 65.7 Å². The van der Waals surface area contributed by atoms with Gasteiger partial charge in [-0.25, -0.2) is 0 Å². The number of nitrogens with zero attached hydrogens (tertiary/aromatic N) is 1. The van der Waals surface area contributed by atoms with Crippen LogP contribution in [0.15, 0.2) is 0 Å². The van der Waals surface area contributed by atoms with E-state index in [0.717, 1.165) is 6.54 Å². The zero-order valence-corrected chi connectivity index (χ0v) is 13.1. The van der Waals surface area contributed by atoms with Gasteiger partial charge in [-0.1, -0.05) is 27.2 Å². The fourth-order valence-corrected chi connectivity index (χ4v) is 3.50. The van der Waals surface area contributed by atoms with E-state index in [1.165, 1.54) is 25.7 Å². The predicted molar refractivity (Wildman–Crippen MR) is 79.2 cm³/mol. The molecule has 20 heavy (non-hydrogen) atoms. The highest BCUT2D eigenvalue weighted by Gasteiger charge is 2.48. The van der Waals surface area contributed by atoms with Crippen molar-refractivity contribution >= 4 is 11.8 Å². The third-order valence-electron chi connectivity index (χ3n) is 5.15. The van der Waals surface area contributed by atoms with Gasteiger partial charge in [-0.3, -0.25) is 9.59 Å². The summed E-state index contributed by atoms with van der Waals surface area (Å²) in [6.07, 6.45) is 6.62. The highest BCUT2D eigenvalue weighted by atomic mass is 16.2. The lowest BCUT2D eigenvalue weighted by molar-refractivity contribution is -0.140. The van der Waals surface area contributed by atoms with Gasteiger partial charge in [0.25, 0.3) is 0 Å². The van der Waals surface area contributed by atoms with Crippen LogP contribution in [0.4, 0.5) is 0 Å². The normalized spacial score (nSPS) is 24.2. The maximum absolute atomic E-state index is 12.9. The summed E-state index contributed by atoms with van der Waals surface area (Å²) in [6, 6.07) is 0. The van der Waals surface area contributed by atoms with E-state index in [4.69, 9.17) is 0 Å². The van der Waals surface area contributed by atoms with Crippen LogP contribution in [0.2, 0.25) is 0 Å². The highest BCUT2D eigenvalue weighted by molar-refractivity contribution is 5.93. The summed E-state index contributed by atoms with van der Waals surface area (Å²) in [5, 5.41) is 2.98. The van der Waals surface area contributed by atoms with E-state index in [-0.39, 0.29) is 11.8 Å². The minimum absolute atomic E-state index is 0.0184. The molecule has 2 amide bonds. The smallest absolute Gasteiger partial charge is 0.248 e. The van der Waals surface area contributed by atoms with Crippen LogP contribution in [0, 0.1) is 5.41 Å². The summed E-state index contributed by atoms with van der Waals surface area (Å²) in [4.78, 5) is 26.8. The number of carbonyl (C=O) groups excluding carboxylic acids is 2. The lowest BCUT2D eigenvalue weighted by atomic mass is 9.90. The van der Waals surface area contributed by atoms with Crippen molar-refractivity contribution in [1.82, 2.24) is 10.2 Å². The first-order chi connectivity index (χ1) is 9.51. The van der Waals surface area contributed by atoms with Crippen LogP contribution in [-0.2, 0) is 9.59 Å². The Bertz CT molecular complexity index is 384. The molecule has 0 aromatic rings. The molecule has 1 heterocycles. The second-order valence-electron chi connectivity index (χ2n) is 6.56. The standard InChI is InChI=1S/C16H28N2O2/c1-4-8-15(9-10-15)12-18-11-7-13(19)17-16(5-2,6-3)14(18)20/h4-12H2,1-3H3,(H,17,19). The molecule has 1 N–H and O–H groups in total. The van der Waals surface area contributed by atoms with Crippen molar-refractivity contribution < 1.29 is 9.59 Å². The third kappa shape index (κ3) is 2.84. The molecule has 114 valence electrons. The van der Waals surface area contributed by atoms with E-state index in [1.807, 2.05) is 18.7 Å². The van der Waals surface area contributed by atoms with Crippen LogP contribution in [0.3, 0.4) is 0 Å². The molecule has 1 aliphatic heterocycles. The molecule has 0 aromatic heterocycles. The molecule has 0 spiro atoms. The van der Waals surface area contributed by atoms with Crippen molar-refractivity contribution in [3.05, 3.63) is 0 Å². The lowest BCUT2D eigenvalue weighted by Gasteiger charge is -2.35. The monoisotopic (exact) mass is 280 g/mol. The molecule has 4 heteroatoms. The van der Waals surface area contributed by atoms with Gasteiger partial charge in [-0.05, 0) is 37.5 Å². The first-order valence-electron chi connectivity index (χ1n) is 8.11. The second kappa shape index (κ2) is 5.74. The predicted octanol–water partition coefficient (Wildman–Crippen LogP) is 2.47. The summed E-state index contributed by atoms with van der Waals surface area (Å²) in [7, 11) is 0. The van der Waals surface area contributed by atoms with Crippen LogP contribution in [0.5, 0.6) is 0 Å². The zero-order chi connectivity index (χ0) is 14.8. The van der Waals surface area contributed by atoms with Gasteiger partial charge < -0.3 is 10.2 Å². The molecule has 0 unspecified atom stereocenters. The average molecular weight is 280 g/mol. The van der Waals surface area contributed by atoms with E-state index in [2.05, 4.69) is 12.2 Å². The minimum atomic E-state index is -0.671.